The van der Waals surface area contributed by atoms with Crippen molar-refractivity contribution < 1.29 is 8.78 Å². The Labute approximate surface area is 172 Å². The fraction of sp³-hybridized carbons (Fsp3) is 0.474. The molecule has 2 aliphatic rings. The molecule has 0 aliphatic carbocycles. The van der Waals surface area contributed by atoms with Crippen LogP contribution in [0, 0.1) is 10.8 Å². The highest BCUT2D eigenvalue weighted by molar-refractivity contribution is 7.96. The molecule has 1 spiro atoms. The average molecular weight is 420 g/mol. The summed E-state index contributed by atoms with van der Waals surface area (Å²) >= 11 is 1.82. The lowest BCUT2D eigenvalue weighted by atomic mass is 9.74. The molecule has 2 aromatic rings. The topological polar surface area (TPSA) is 84.8 Å². The van der Waals surface area contributed by atoms with Gasteiger partial charge in [-0.25, -0.2) is 23.7 Å². The van der Waals surface area contributed by atoms with Crippen molar-refractivity contribution in [3.8, 4) is 11.4 Å². The Morgan fingerprint density at radius 3 is 2.90 bits per heavy atom. The lowest BCUT2D eigenvalue weighted by molar-refractivity contribution is 0.114. The Hall–Kier alpha value is -2.33. The van der Waals surface area contributed by atoms with Crippen LogP contribution >= 0.6 is 11.9 Å². The number of anilines is 1. The Balaban J connectivity index is 1.43. The van der Waals surface area contributed by atoms with Gasteiger partial charge < -0.3 is 9.88 Å². The fourth-order valence-corrected chi connectivity index (χ4v) is 4.68. The minimum Gasteiger partial charge on any atom is -0.355 e. The first-order valence-corrected chi connectivity index (χ1v) is 10.6. The second kappa shape index (κ2) is 8.19. The second-order valence-corrected chi connectivity index (χ2v) is 8.42. The third kappa shape index (κ3) is 4.32. The van der Waals surface area contributed by atoms with Crippen LogP contribution in [-0.2, 0) is 0 Å². The normalized spacial score (nSPS) is 19.2. The number of rotatable bonds is 6. The molecule has 0 unspecified atom stereocenters. The molecule has 0 amide bonds. The molecule has 0 saturated carbocycles. The quantitative estimate of drug-likeness (QED) is 0.552. The maximum absolute atomic E-state index is 12.4. The number of piperidine rings is 1. The van der Waals surface area contributed by atoms with Gasteiger partial charge in [-0.15, -0.1) is 0 Å². The summed E-state index contributed by atoms with van der Waals surface area (Å²) < 4.78 is 27.2. The molecule has 0 aromatic carbocycles. The van der Waals surface area contributed by atoms with Crippen LogP contribution in [0.4, 0.5) is 14.6 Å². The molecule has 2 saturated heterocycles. The third-order valence-corrected chi connectivity index (χ3v) is 6.27. The van der Waals surface area contributed by atoms with Crippen molar-refractivity contribution in [2.75, 3.05) is 37.3 Å². The van der Waals surface area contributed by atoms with Gasteiger partial charge in [-0.2, -0.15) is 0 Å². The number of hydrogen-bond donors (Lipinski definition) is 2. The molecule has 4 heterocycles. The van der Waals surface area contributed by atoms with E-state index >= 15 is 0 Å². The van der Waals surface area contributed by atoms with E-state index in [1.165, 1.54) is 25.2 Å². The highest BCUT2D eigenvalue weighted by Gasteiger charge is 2.46. The SMILES string of the molecule is CSN1CCCC2(C1)CN(c1cc(-c3cnc(/C=C\C(=N)C(F)F)[nH]3)ncn1)C2. The van der Waals surface area contributed by atoms with Gasteiger partial charge in [-0.1, -0.05) is 11.9 Å². The second-order valence-electron chi connectivity index (χ2n) is 7.54. The minimum atomic E-state index is -2.79. The summed E-state index contributed by atoms with van der Waals surface area (Å²) in [4.78, 5) is 18.2. The number of halogens is 2. The van der Waals surface area contributed by atoms with Crippen LogP contribution in [0.2, 0.25) is 0 Å². The van der Waals surface area contributed by atoms with Crippen molar-refractivity contribution in [2.24, 2.45) is 5.41 Å². The maximum atomic E-state index is 12.4. The summed E-state index contributed by atoms with van der Waals surface area (Å²) in [5.74, 6) is 1.28. The molecule has 2 aliphatic heterocycles. The molecular formula is C19H23F2N7S. The van der Waals surface area contributed by atoms with Crippen LogP contribution < -0.4 is 4.90 Å². The Kier molecular flexibility index (Phi) is 5.64. The number of aromatic nitrogens is 4. The first-order valence-electron chi connectivity index (χ1n) is 9.44. The molecule has 2 fully saturated rings. The summed E-state index contributed by atoms with van der Waals surface area (Å²) in [6.07, 6.45) is 7.37. The predicted octanol–water partition coefficient (Wildman–Crippen LogP) is 3.34. The van der Waals surface area contributed by atoms with Crippen LogP contribution in [-0.4, -0.2) is 68.8 Å². The number of H-pyrrole nitrogens is 1. The van der Waals surface area contributed by atoms with Gasteiger partial charge in [0.15, 0.2) is 0 Å². The van der Waals surface area contributed by atoms with Gasteiger partial charge in [0.25, 0.3) is 6.43 Å². The van der Waals surface area contributed by atoms with Crippen molar-refractivity contribution in [3.63, 3.8) is 0 Å². The highest BCUT2D eigenvalue weighted by Crippen LogP contribution is 2.42. The van der Waals surface area contributed by atoms with Gasteiger partial charge >= 0.3 is 0 Å². The lowest BCUT2D eigenvalue weighted by Crippen LogP contribution is -2.62. The first kappa shape index (κ1) is 20.0. The summed E-state index contributed by atoms with van der Waals surface area (Å²) in [6.45, 7) is 4.26. The Morgan fingerprint density at radius 1 is 1.31 bits per heavy atom. The molecule has 154 valence electrons. The Morgan fingerprint density at radius 2 is 2.14 bits per heavy atom. The molecule has 10 heteroatoms. The fourth-order valence-electron chi connectivity index (χ4n) is 3.96. The maximum Gasteiger partial charge on any atom is 0.279 e. The number of nitrogens with zero attached hydrogens (tertiary/aromatic N) is 5. The molecule has 0 atom stereocenters. The standard InChI is InChI=1S/C19H23F2N7S/c1-29-28-6-2-5-19(11-28)9-27(10-19)17-7-14(24-12-25-17)15-8-23-16(26-15)4-3-13(22)18(20)21/h3-4,7-8,12,18,22H,2,5-6,9-11H2,1H3,(H,23,26)/b4-3-,22-13?. The number of aromatic amines is 1. The van der Waals surface area contributed by atoms with Crippen LogP contribution in [0.3, 0.4) is 0 Å². The third-order valence-electron chi connectivity index (χ3n) is 5.44. The van der Waals surface area contributed by atoms with E-state index in [9.17, 15) is 8.78 Å². The monoisotopic (exact) mass is 419 g/mol. The van der Waals surface area contributed by atoms with Gasteiger partial charge in [0.05, 0.1) is 23.3 Å². The zero-order valence-corrected chi connectivity index (χ0v) is 16.9. The minimum absolute atomic E-state index is 0.355. The summed E-state index contributed by atoms with van der Waals surface area (Å²) in [5, 5.41) is 7.16. The first-order chi connectivity index (χ1) is 14.0. The number of allylic oxidation sites excluding steroid dienone is 1. The van der Waals surface area contributed by atoms with Crippen molar-refractivity contribution in [1.82, 2.24) is 24.2 Å². The summed E-state index contributed by atoms with van der Waals surface area (Å²) in [5.41, 5.74) is 0.981. The van der Waals surface area contributed by atoms with E-state index in [2.05, 4.69) is 35.4 Å². The van der Waals surface area contributed by atoms with E-state index < -0.39 is 12.1 Å². The lowest BCUT2D eigenvalue weighted by Gasteiger charge is -2.54. The number of nitrogens with one attached hydrogen (secondary N) is 2. The smallest absolute Gasteiger partial charge is 0.279 e. The van der Waals surface area contributed by atoms with E-state index in [4.69, 9.17) is 5.41 Å². The van der Waals surface area contributed by atoms with Gasteiger partial charge in [0, 0.05) is 37.7 Å². The number of hydrogen-bond acceptors (Lipinski definition) is 7. The van der Waals surface area contributed by atoms with E-state index in [0.29, 0.717) is 22.6 Å². The van der Waals surface area contributed by atoms with Crippen molar-refractivity contribution in [2.45, 2.75) is 19.3 Å². The highest BCUT2D eigenvalue weighted by atomic mass is 32.2. The van der Waals surface area contributed by atoms with Crippen molar-refractivity contribution >= 4 is 29.6 Å². The molecule has 4 rings (SSSR count). The van der Waals surface area contributed by atoms with Gasteiger partial charge in [0.1, 0.15) is 18.0 Å². The number of alkyl halides is 2. The summed E-state index contributed by atoms with van der Waals surface area (Å²) in [7, 11) is 0. The average Bonchev–Trinajstić information content (AvgIpc) is 3.19. The van der Waals surface area contributed by atoms with E-state index in [1.54, 1.807) is 6.20 Å². The molecule has 29 heavy (non-hydrogen) atoms. The summed E-state index contributed by atoms with van der Waals surface area (Å²) in [6, 6.07) is 1.92. The zero-order chi connectivity index (χ0) is 20.4. The predicted molar refractivity (Wildman–Crippen MR) is 111 cm³/mol. The molecule has 0 radical (unpaired) electrons. The largest absolute Gasteiger partial charge is 0.355 e. The molecule has 2 N–H and O–H groups in total. The van der Waals surface area contributed by atoms with Gasteiger partial charge in [0.2, 0.25) is 0 Å². The van der Waals surface area contributed by atoms with Crippen LogP contribution in [0.1, 0.15) is 18.7 Å². The van der Waals surface area contributed by atoms with Gasteiger partial charge in [-0.3, -0.25) is 9.71 Å². The van der Waals surface area contributed by atoms with Crippen LogP contribution in [0.5, 0.6) is 0 Å². The van der Waals surface area contributed by atoms with Gasteiger partial charge in [-0.05, 0) is 31.2 Å². The molecule has 2 aromatic heterocycles. The molecule has 0 bridgehead atoms. The van der Waals surface area contributed by atoms with E-state index in [-0.39, 0.29) is 0 Å². The number of imidazole rings is 1. The van der Waals surface area contributed by atoms with E-state index in [1.807, 2.05) is 18.0 Å². The Bertz CT molecular complexity index is 907. The van der Waals surface area contributed by atoms with Crippen molar-refractivity contribution in [1.29, 1.82) is 5.41 Å². The zero-order valence-electron chi connectivity index (χ0n) is 16.1. The van der Waals surface area contributed by atoms with E-state index in [0.717, 1.165) is 38.1 Å². The van der Waals surface area contributed by atoms with Crippen LogP contribution in [0.15, 0.2) is 24.7 Å². The molecular weight excluding hydrogens is 396 g/mol. The van der Waals surface area contributed by atoms with Crippen LogP contribution in [0.25, 0.3) is 17.5 Å². The van der Waals surface area contributed by atoms with Crippen molar-refractivity contribution in [3.05, 3.63) is 30.5 Å². The molecule has 7 nitrogen and oxygen atoms in total.